The van der Waals surface area contributed by atoms with Crippen molar-refractivity contribution in [2.45, 2.75) is 25.7 Å². The van der Waals surface area contributed by atoms with Crippen LogP contribution >= 0.6 is 0 Å². The number of unbranched alkanes of at least 4 members (excludes halogenated alkanes) is 3. The minimum Gasteiger partial charge on any atom is -0.494 e. The minimum absolute atomic E-state index is 0. The molecule has 0 bridgehead atoms. The molecule has 1 aromatic rings. The van der Waals surface area contributed by atoms with Gasteiger partial charge in [-0.3, -0.25) is 0 Å². The van der Waals surface area contributed by atoms with Crippen LogP contribution in [-0.4, -0.2) is 13.6 Å². The van der Waals surface area contributed by atoms with Crippen LogP contribution in [0.2, 0.25) is 0 Å². The van der Waals surface area contributed by atoms with Crippen molar-refractivity contribution in [3.63, 3.8) is 0 Å². The van der Waals surface area contributed by atoms with Crippen LogP contribution in [0, 0.1) is 0 Å². The predicted octanol–water partition coefficient (Wildman–Crippen LogP) is 0.870. The van der Waals surface area contributed by atoms with Crippen molar-refractivity contribution < 1.29 is 69.1 Å². The quantitative estimate of drug-likeness (QED) is 0.393. The van der Waals surface area contributed by atoms with Gasteiger partial charge in [0.25, 0.3) is 0 Å². The third-order valence-corrected chi connectivity index (χ3v) is 2.56. The van der Waals surface area contributed by atoms with E-state index in [0.717, 1.165) is 37.8 Å². The molecule has 1 aromatic carbocycles. The van der Waals surface area contributed by atoms with Gasteiger partial charge in [0, 0.05) is 0 Å². The van der Waals surface area contributed by atoms with Gasteiger partial charge in [0.15, 0.2) is 0 Å². The van der Waals surface area contributed by atoms with Crippen molar-refractivity contribution in [3.8, 4) is 5.75 Å². The third-order valence-electron chi connectivity index (χ3n) is 2.56. The van der Waals surface area contributed by atoms with Crippen LogP contribution in [0.1, 0.15) is 25.7 Å². The Kier molecular flexibility index (Phi) is 10.2. The Morgan fingerprint density at radius 2 is 1.89 bits per heavy atom. The van der Waals surface area contributed by atoms with Crippen molar-refractivity contribution >= 4 is 12.4 Å². The number of hydrogen-bond acceptors (Lipinski definition) is 1. The molecule has 0 fully saturated rings. The second kappa shape index (κ2) is 10.0. The Labute approximate surface area is 155 Å². The Balaban J connectivity index is 0.00000324. The van der Waals surface area contributed by atoms with E-state index in [0.29, 0.717) is 6.61 Å². The summed E-state index contributed by atoms with van der Waals surface area (Å²) >= 11 is 0. The first-order chi connectivity index (χ1) is 8.54. The van der Waals surface area contributed by atoms with Gasteiger partial charge in [-0.05, 0) is 37.8 Å². The van der Waals surface area contributed by atoms with E-state index in [1.54, 1.807) is 6.07 Å². The van der Waals surface area contributed by atoms with Gasteiger partial charge in [-0.1, -0.05) is 18.2 Å². The molecule has 0 aliphatic heterocycles. The molecule has 0 spiro atoms. The number of ether oxygens (including phenoxy) is 1. The Bertz CT molecular complexity index is 382. The monoisotopic (exact) mass is 296 g/mol. The van der Waals surface area contributed by atoms with Crippen LogP contribution < -0.4 is 61.6 Å². The Morgan fingerprint density at radius 3 is 2.53 bits per heavy atom. The minimum atomic E-state index is -4.95. The average molecular weight is 296 g/mol. The van der Waals surface area contributed by atoms with Gasteiger partial charge in [0.05, 0.1) is 6.61 Å². The molecule has 0 aromatic heterocycles. The summed E-state index contributed by atoms with van der Waals surface area (Å²) in [6.07, 6.45) is 5.70. The molecule has 1 rings (SSSR count). The molecule has 19 heavy (non-hydrogen) atoms. The van der Waals surface area contributed by atoms with Crippen LogP contribution in [0.5, 0.6) is 5.75 Å². The number of hydrogen-bond donors (Lipinski definition) is 0. The molecule has 0 amide bonds. The summed E-state index contributed by atoms with van der Waals surface area (Å²) in [5.41, 5.74) is -0.612. The predicted molar refractivity (Wildman–Crippen MR) is 69.3 cm³/mol. The maximum absolute atomic E-state index is 12.5. The van der Waals surface area contributed by atoms with Crippen LogP contribution in [0.3, 0.4) is 0 Å². The third kappa shape index (κ3) is 8.20. The van der Waals surface area contributed by atoms with Gasteiger partial charge in [-0.15, -0.1) is 12.0 Å². The van der Waals surface area contributed by atoms with Crippen LogP contribution in [-0.2, 0) is 0 Å². The molecule has 0 aliphatic rings. The zero-order chi connectivity index (χ0) is 13.4. The number of benzene rings is 1. The van der Waals surface area contributed by atoms with Crippen LogP contribution in [0.4, 0.5) is 12.9 Å². The topological polar surface area (TPSA) is 9.23 Å². The van der Waals surface area contributed by atoms with Gasteiger partial charge < -0.3 is 17.7 Å². The number of allylic oxidation sites excluding steroid dienone is 1. The zero-order valence-electron chi connectivity index (χ0n) is 11.2. The zero-order valence-corrected chi connectivity index (χ0v) is 14.4. The molecule has 0 saturated heterocycles. The fourth-order valence-electron chi connectivity index (χ4n) is 1.57. The van der Waals surface area contributed by atoms with Gasteiger partial charge in [0.1, 0.15) is 5.75 Å². The van der Waals surface area contributed by atoms with Crippen molar-refractivity contribution in [1.29, 1.82) is 0 Å². The van der Waals surface area contributed by atoms with Crippen molar-refractivity contribution in [1.82, 2.24) is 0 Å². The Hall–Kier alpha value is 0.251. The first-order valence-corrected chi connectivity index (χ1v) is 6.07. The normalized spacial score (nSPS) is 10.7. The summed E-state index contributed by atoms with van der Waals surface area (Å²) in [6, 6.07) is 5.05. The summed E-state index contributed by atoms with van der Waals surface area (Å²) in [4.78, 5) is 0. The molecule has 6 heteroatoms. The summed E-state index contributed by atoms with van der Waals surface area (Å²) in [6.45, 7) is -0.876. The van der Waals surface area contributed by atoms with E-state index in [2.05, 4.69) is 6.58 Å². The van der Waals surface area contributed by atoms with E-state index in [9.17, 15) is 12.9 Å². The molecule has 0 heterocycles. The molecule has 0 N–H and O–H groups in total. The first kappa shape index (κ1) is 19.3. The van der Waals surface area contributed by atoms with Crippen LogP contribution in [0.25, 0.3) is 0 Å². The molecule has 100 valence electrons. The van der Waals surface area contributed by atoms with Crippen molar-refractivity contribution in [2.24, 2.45) is 0 Å². The molecule has 0 aliphatic carbocycles. The number of halogens is 3. The van der Waals surface area contributed by atoms with Crippen molar-refractivity contribution in [3.05, 3.63) is 36.9 Å². The van der Waals surface area contributed by atoms with E-state index in [4.69, 9.17) is 4.74 Å². The molecule has 0 atom stereocenters. The van der Waals surface area contributed by atoms with Crippen LogP contribution in [0.15, 0.2) is 36.9 Å². The number of rotatable bonds is 8. The van der Waals surface area contributed by atoms with Gasteiger partial charge in [-0.2, -0.15) is 0 Å². The fourth-order valence-corrected chi connectivity index (χ4v) is 1.57. The first-order valence-electron chi connectivity index (χ1n) is 6.07. The summed E-state index contributed by atoms with van der Waals surface area (Å²) in [5, 5.41) is 0. The van der Waals surface area contributed by atoms with Gasteiger partial charge in [-0.25, -0.2) is 0 Å². The van der Waals surface area contributed by atoms with Gasteiger partial charge in [0.2, 0.25) is 0 Å². The van der Waals surface area contributed by atoms with Crippen molar-refractivity contribution in [2.75, 3.05) is 6.61 Å². The molecule has 0 saturated carbocycles. The largest absolute Gasteiger partial charge is 1.00 e. The van der Waals surface area contributed by atoms with Gasteiger partial charge >= 0.3 is 58.4 Å². The molecule has 0 unspecified atom stereocenters. The maximum Gasteiger partial charge on any atom is 1.00 e. The van der Waals surface area contributed by atoms with E-state index >= 15 is 0 Å². The summed E-state index contributed by atoms with van der Waals surface area (Å²) in [5.74, 6) is 0.287. The molecular formula is C13H17BF3KO. The van der Waals surface area contributed by atoms with E-state index < -0.39 is 12.4 Å². The Morgan fingerprint density at radius 1 is 1.16 bits per heavy atom. The van der Waals surface area contributed by atoms with E-state index in [-0.39, 0.29) is 57.1 Å². The SMILES string of the molecule is C=CCCCCCOc1cccc([B-](F)(F)F)c1.[K+]. The molecule has 0 radical (unpaired) electrons. The summed E-state index contributed by atoms with van der Waals surface area (Å²) < 4.78 is 42.8. The smallest absolute Gasteiger partial charge is 0.494 e. The molecule has 1 nitrogen and oxygen atoms in total. The van der Waals surface area contributed by atoms with E-state index in [1.807, 2.05) is 6.08 Å². The second-order valence-electron chi connectivity index (χ2n) is 4.13. The average Bonchev–Trinajstić information content (AvgIpc) is 2.33. The fraction of sp³-hybridized carbons (Fsp3) is 0.385. The maximum atomic E-state index is 12.5. The second-order valence-corrected chi connectivity index (χ2v) is 4.13. The standard InChI is InChI=1S/C13H17BF3O.K/c1-2-3-4-5-6-10-18-13-9-7-8-12(11-13)14(15,16)17;/h2,7-9,11H,1,3-6,10H2;/q-1;+1. The van der Waals surface area contributed by atoms with E-state index in [1.165, 1.54) is 6.07 Å². The summed E-state index contributed by atoms with van der Waals surface area (Å²) in [7, 11) is 0. The molecular weight excluding hydrogens is 279 g/mol.